The van der Waals surface area contributed by atoms with Crippen LogP contribution in [0.15, 0.2) is 42.5 Å². The highest BCUT2D eigenvalue weighted by molar-refractivity contribution is 5.44. The van der Waals surface area contributed by atoms with Crippen LogP contribution >= 0.6 is 0 Å². The van der Waals surface area contributed by atoms with Crippen LogP contribution in [-0.4, -0.2) is 31.2 Å². The lowest BCUT2D eigenvalue weighted by molar-refractivity contribution is 0.106. The van der Waals surface area contributed by atoms with Gasteiger partial charge in [0, 0.05) is 13.1 Å². The molecule has 6 nitrogen and oxygen atoms in total. The van der Waals surface area contributed by atoms with Gasteiger partial charge in [0.05, 0.1) is 11.6 Å². The van der Waals surface area contributed by atoms with Crippen molar-refractivity contribution < 1.29 is 19.3 Å². The molecule has 2 N–H and O–H groups in total. The molecule has 1 unspecified atom stereocenters. The number of aliphatic hydroxyl groups excluding tert-OH is 1. The molecule has 3 rings (SSSR count). The maximum Gasteiger partial charge on any atom is 0.231 e. The predicted molar refractivity (Wildman–Crippen MR) is 86.9 cm³/mol. The molecule has 24 heavy (non-hydrogen) atoms. The summed E-state index contributed by atoms with van der Waals surface area (Å²) in [5, 5.41) is 22.0. The van der Waals surface area contributed by atoms with Gasteiger partial charge in [0.2, 0.25) is 6.79 Å². The van der Waals surface area contributed by atoms with Gasteiger partial charge in [0.15, 0.2) is 11.5 Å². The lowest BCUT2D eigenvalue weighted by atomic mass is 10.2. The van der Waals surface area contributed by atoms with Crippen LogP contribution in [0, 0.1) is 11.3 Å². The number of hydrogen-bond acceptors (Lipinski definition) is 6. The lowest BCUT2D eigenvalue weighted by Gasteiger charge is -2.13. The highest BCUT2D eigenvalue weighted by Crippen LogP contribution is 2.32. The minimum Gasteiger partial charge on any atom is -0.491 e. The number of benzene rings is 2. The topological polar surface area (TPSA) is 83.7 Å². The van der Waals surface area contributed by atoms with Crippen molar-refractivity contribution in [3.63, 3.8) is 0 Å². The number of rotatable bonds is 7. The van der Waals surface area contributed by atoms with E-state index in [1.807, 2.05) is 18.2 Å². The Morgan fingerprint density at radius 3 is 2.96 bits per heavy atom. The van der Waals surface area contributed by atoms with E-state index >= 15 is 0 Å². The maximum absolute atomic E-state index is 9.97. The summed E-state index contributed by atoms with van der Waals surface area (Å²) < 4.78 is 16.1. The van der Waals surface area contributed by atoms with E-state index < -0.39 is 6.10 Å². The zero-order chi connectivity index (χ0) is 16.8. The first-order chi connectivity index (χ1) is 11.7. The zero-order valence-corrected chi connectivity index (χ0v) is 13.1. The summed E-state index contributed by atoms with van der Waals surface area (Å²) in [4.78, 5) is 0. The van der Waals surface area contributed by atoms with Crippen LogP contribution in [0.5, 0.6) is 17.2 Å². The monoisotopic (exact) mass is 326 g/mol. The van der Waals surface area contributed by atoms with E-state index in [-0.39, 0.29) is 13.4 Å². The molecular formula is C18H18N2O4. The second-order valence-corrected chi connectivity index (χ2v) is 5.42. The molecule has 1 atom stereocenters. The molecule has 0 bridgehead atoms. The Balaban J connectivity index is 1.41. The van der Waals surface area contributed by atoms with Crippen molar-refractivity contribution >= 4 is 0 Å². The zero-order valence-electron chi connectivity index (χ0n) is 13.1. The number of nitriles is 1. The number of nitrogens with one attached hydrogen (secondary N) is 1. The number of aliphatic hydroxyl groups is 1. The number of hydrogen-bond donors (Lipinski definition) is 2. The Morgan fingerprint density at radius 2 is 2.08 bits per heavy atom. The summed E-state index contributed by atoms with van der Waals surface area (Å²) in [6.45, 7) is 1.42. The Hall–Kier alpha value is -2.75. The fourth-order valence-corrected chi connectivity index (χ4v) is 2.34. The molecule has 124 valence electrons. The maximum atomic E-state index is 9.97. The van der Waals surface area contributed by atoms with Gasteiger partial charge in [0.1, 0.15) is 18.5 Å². The van der Waals surface area contributed by atoms with Crippen LogP contribution in [0.1, 0.15) is 11.1 Å². The molecule has 1 heterocycles. The number of nitrogens with zero attached hydrogens (tertiary/aromatic N) is 1. The quantitative estimate of drug-likeness (QED) is 0.807. The molecule has 0 radical (unpaired) electrons. The van der Waals surface area contributed by atoms with Crippen LogP contribution in [0.2, 0.25) is 0 Å². The normalized spacial score (nSPS) is 13.3. The Labute approximate surface area is 140 Å². The van der Waals surface area contributed by atoms with Gasteiger partial charge in [-0.15, -0.1) is 0 Å². The molecular weight excluding hydrogens is 308 g/mol. The second kappa shape index (κ2) is 7.68. The molecule has 0 aliphatic carbocycles. The van der Waals surface area contributed by atoms with Crippen LogP contribution < -0.4 is 19.5 Å². The van der Waals surface area contributed by atoms with E-state index in [1.165, 1.54) is 0 Å². The van der Waals surface area contributed by atoms with Gasteiger partial charge in [-0.3, -0.25) is 0 Å². The van der Waals surface area contributed by atoms with Crippen LogP contribution in [0.3, 0.4) is 0 Å². The number of fused-ring (bicyclic) bond motifs is 1. The average Bonchev–Trinajstić information content (AvgIpc) is 3.08. The molecule has 1 aliphatic rings. The van der Waals surface area contributed by atoms with Gasteiger partial charge in [-0.25, -0.2) is 0 Å². The van der Waals surface area contributed by atoms with Gasteiger partial charge >= 0.3 is 0 Å². The molecule has 2 aromatic rings. The van der Waals surface area contributed by atoms with Crippen LogP contribution in [0.4, 0.5) is 0 Å². The van der Waals surface area contributed by atoms with Gasteiger partial charge in [-0.1, -0.05) is 12.1 Å². The Morgan fingerprint density at radius 1 is 1.21 bits per heavy atom. The van der Waals surface area contributed by atoms with E-state index in [0.29, 0.717) is 24.4 Å². The van der Waals surface area contributed by atoms with Crippen molar-refractivity contribution in [3.05, 3.63) is 53.6 Å². The van der Waals surface area contributed by atoms with Gasteiger partial charge in [-0.05, 0) is 35.9 Å². The van der Waals surface area contributed by atoms with E-state index in [1.54, 1.807) is 24.3 Å². The van der Waals surface area contributed by atoms with Crippen molar-refractivity contribution in [2.75, 3.05) is 19.9 Å². The summed E-state index contributed by atoms with van der Waals surface area (Å²) in [6, 6.07) is 14.7. The van der Waals surface area contributed by atoms with Crippen molar-refractivity contribution in [1.29, 1.82) is 5.26 Å². The molecule has 1 aliphatic heterocycles. The first-order valence-electron chi connectivity index (χ1n) is 7.65. The molecule has 0 aromatic heterocycles. The van der Waals surface area contributed by atoms with Crippen LogP contribution in [-0.2, 0) is 6.54 Å². The lowest BCUT2D eigenvalue weighted by Crippen LogP contribution is -2.31. The predicted octanol–water partition coefficient (Wildman–Crippen LogP) is 1.82. The molecule has 2 aromatic carbocycles. The van der Waals surface area contributed by atoms with E-state index in [2.05, 4.69) is 11.4 Å². The van der Waals surface area contributed by atoms with Crippen molar-refractivity contribution in [2.24, 2.45) is 0 Å². The molecule has 0 spiro atoms. The molecule has 0 saturated carbocycles. The first-order valence-corrected chi connectivity index (χ1v) is 7.65. The fraction of sp³-hybridized carbons (Fsp3) is 0.278. The van der Waals surface area contributed by atoms with E-state index in [9.17, 15) is 5.11 Å². The highest BCUT2D eigenvalue weighted by Gasteiger charge is 2.13. The van der Waals surface area contributed by atoms with Gasteiger partial charge in [0.25, 0.3) is 0 Å². The second-order valence-electron chi connectivity index (χ2n) is 5.42. The number of ether oxygens (including phenoxy) is 3. The van der Waals surface area contributed by atoms with E-state index in [0.717, 1.165) is 17.1 Å². The minimum absolute atomic E-state index is 0.156. The first kappa shape index (κ1) is 16.1. The largest absolute Gasteiger partial charge is 0.491 e. The van der Waals surface area contributed by atoms with Crippen molar-refractivity contribution in [2.45, 2.75) is 12.6 Å². The smallest absolute Gasteiger partial charge is 0.231 e. The third-order valence-corrected chi connectivity index (χ3v) is 3.55. The molecule has 0 saturated heterocycles. The third-order valence-electron chi connectivity index (χ3n) is 3.55. The fourth-order valence-electron chi connectivity index (χ4n) is 2.34. The molecule has 0 fully saturated rings. The SMILES string of the molecule is N#Cc1cccc(OCC(O)CNCc2ccc3c(c2)OCO3)c1. The summed E-state index contributed by atoms with van der Waals surface area (Å²) in [7, 11) is 0. The molecule has 0 amide bonds. The Kier molecular flexibility index (Phi) is 5.16. The highest BCUT2D eigenvalue weighted by atomic mass is 16.7. The van der Waals surface area contributed by atoms with Gasteiger partial charge in [-0.2, -0.15) is 5.26 Å². The molecule has 6 heteroatoms. The van der Waals surface area contributed by atoms with E-state index in [4.69, 9.17) is 19.5 Å². The van der Waals surface area contributed by atoms with Crippen LogP contribution in [0.25, 0.3) is 0 Å². The average molecular weight is 326 g/mol. The third kappa shape index (κ3) is 4.16. The minimum atomic E-state index is -0.648. The van der Waals surface area contributed by atoms with Gasteiger partial charge < -0.3 is 24.6 Å². The summed E-state index contributed by atoms with van der Waals surface area (Å²) in [6.07, 6.45) is -0.648. The Bertz CT molecular complexity index is 742. The summed E-state index contributed by atoms with van der Waals surface area (Å²) in [5.74, 6) is 2.08. The summed E-state index contributed by atoms with van der Waals surface area (Å²) >= 11 is 0. The summed E-state index contributed by atoms with van der Waals surface area (Å²) in [5.41, 5.74) is 1.58. The standard InChI is InChI=1S/C18H18N2O4/c19-8-13-2-1-3-16(6-13)22-11-15(21)10-20-9-14-4-5-17-18(7-14)24-12-23-17/h1-7,15,20-21H,9-12H2. The van der Waals surface area contributed by atoms with Crippen molar-refractivity contribution in [1.82, 2.24) is 5.32 Å². The van der Waals surface area contributed by atoms with Crippen molar-refractivity contribution in [3.8, 4) is 23.3 Å².